The molecule has 88 valence electrons. The third-order valence-corrected chi connectivity index (χ3v) is 2.63. The average molecular weight is 230 g/mol. The Morgan fingerprint density at radius 3 is 2.71 bits per heavy atom. The molecule has 0 fully saturated rings. The molecule has 0 radical (unpaired) electrons. The third kappa shape index (κ3) is 2.29. The van der Waals surface area contributed by atoms with Gasteiger partial charge in [0.25, 0.3) is 0 Å². The molecule has 0 amide bonds. The first-order valence-corrected chi connectivity index (χ1v) is 5.56. The molecule has 2 aromatic rings. The molecule has 0 saturated carbocycles. The molecule has 0 aliphatic carbocycles. The maximum atomic E-state index is 11.5. The summed E-state index contributed by atoms with van der Waals surface area (Å²) in [5.41, 5.74) is 0.585. The summed E-state index contributed by atoms with van der Waals surface area (Å²) in [5.74, 6) is -0.608. The minimum atomic E-state index is -1.22. The molecule has 0 aliphatic rings. The topological polar surface area (TPSA) is 46.5 Å². The van der Waals surface area contributed by atoms with Crippen LogP contribution in [0.2, 0.25) is 0 Å². The van der Waals surface area contributed by atoms with Crippen LogP contribution in [0.1, 0.15) is 18.6 Å². The fourth-order valence-electron chi connectivity index (χ4n) is 1.84. The largest absolute Gasteiger partial charge is 0.464 e. The van der Waals surface area contributed by atoms with E-state index in [9.17, 15) is 9.90 Å². The van der Waals surface area contributed by atoms with Crippen molar-refractivity contribution in [2.24, 2.45) is 0 Å². The number of carbonyl (C=O) groups is 1. The Bertz CT molecular complexity index is 528. The van der Waals surface area contributed by atoms with Gasteiger partial charge in [0.15, 0.2) is 6.10 Å². The molecule has 0 spiro atoms. The van der Waals surface area contributed by atoms with Crippen molar-refractivity contribution in [1.82, 2.24) is 0 Å². The maximum Gasteiger partial charge on any atom is 0.339 e. The number of ether oxygens (including phenoxy) is 1. The molecule has 0 bridgehead atoms. The van der Waals surface area contributed by atoms with E-state index in [0.29, 0.717) is 5.56 Å². The summed E-state index contributed by atoms with van der Waals surface area (Å²) < 4.78 is 4.82. The number of fused-ring (bicyclic) bond motifs is 1. The summed E-state index contributed by atoms with van der Waals surface area (Å²) in [6.07, 6.45) is -1.22. The van der Waals surface area contributed by atoms with Crippen LogP contribution in [-0.2, 0) is 9.53 Å². The summed E-state index contributed by atoms with van der Waals surface area (Å²) in [5, 5.41) is 11.8. The number of benzene rings is 2. The molecule has 0 heterocycles. The van der Waals surface area contributed by atoms with Crippen LogP contribution in [0.25, 0.3) is 10.8 Å². The van der Waals surface area contributed by atoms with Crippen molar-refractivity contribution in [2.45, 2.75) is 13.0 Å². The first-order chi connectivity index (χ1) is 8.24. The fourth-order valence-corrected chi connectivity index (χ4v) is 1.84. The van der Waals surface area contributed by atoms with Crippen molar-refractivity contribution >= 4 is 16.7 Å². The second-order valence-corrected chi connectivity index (χ2v) is 3.72. The van der Waals surface area contributed by atoms with E-state index in [1.807, 2.05) is 36.4 Å². The number of hydrogen-bond acceptors (Lipinski definition) is 3. The summed E-state index contributed by atoms with van der Waals surface area (Å²) in [6, 6.07) is 13.1. The molecule has 1 atom stereocenters. The smallest absolute Gasteiger partial charge is 0.339 e. The lowest BCUT2D eigenvalue weighted by Crippen LogP contribution is -2.15. The molecule has 1 N–H and O–H groups in total. The van der Waals surface area contributed by atoms with E-state index in [1.54, 1.807) is 13.0 Å². The van der Waals surface area contributed by atoms with Crippen LogP contribution < -0.4 is 0 Å². The van der Waals surface area contributed by atoms with Gasteiger partial charge in [0.2, 0.25) is 0 Å². The highest BCUT2D eigenvalue weighted by atomic mass is 16.5. The van der Waals surface area contributed by atoms with Gasteiger partial charge in [0.1, 0.15) is 0 Å². The molecule has 0 unspecified atom stereocenters. The van der Waals surface area contributed by atoms with Crippen LogP contribution in [0.4, 0.5) is 0 Å². The molecule has 2 aromatic carbocycles. The van der Waals surface area contributed by atoms with Gasteiger partial charge in [-0.25, -0.2) is 4.79 Å². The minimum absolute atomic E-state index is 0.265. The molecular formula is C14H14O3. The van der Waals surface area contributed by atoms with Crippen molar-refractivity contribution in [2.75, 3.05) is 6.61 Å². The number of carbonyl (C=O) groups excluding carboxylic acids is 1. The van der Waals surface area contributed by atoms with E-state index in [4.69, 9.17) is 4.74 Å². The Morgan fingerprint density at radius 1 is 1.24 bits per heavy atom. The SMILES string of the molecule is CCOC(=O)[C@H](O)c1cccc2ccccc12. The van der Waals surface area contributed by atoms with E-state index in [0.717, 1.165) is 10.8 Å². The molecular weight excluding hydrogens is 216 g/mol. The summed E-state index contributed by atoms with van der Waals surface area (Å²) in [7, 11) is 0. The van der Waals surface area contributed by atoms with Gasteiger partial charge in [-0.3, -0.25) is 0 Å². The van der Waals surface area contributed by atoms with Crippen LogP contribution in [0.15, 0.2) is 42.5 Å². The lowest BCUT2D eigenvalue weighted by atomic mass is 10.0. The highest BCUT2D eigenvalue weighted by molar-refractivity contribution is 5.90. The Balaban J connectivity index is 2.44. The second kappa shape index (κ2) is 4.97. The van der Waals surface area contributed by atoms with Crippen LogP contribution >= 0.6 is 0 Å². The molecule has 0 aliphatic heterocycles. The average Bonchev–Trinajstić information content (AvgIpc) is 2.37. The van der Waals surface area contributed by atoms with Gasteiger partial charge in [-0.2, -0.15) is 0 Å². The Labute approximate surface area is 99.6 Å². The predicted molar refractivity (Wildman–Crippen MR) is 65.5 cm³/mol. The van der Waals surface area contributed by atoms with Crippen LogP contribution in [0.5, 0.6) is 0 Å². The monoisotopic (exact) mass is 230 g/mol. The summed E-state index contributed by atoms with van der Waals surface area (Å²) in [6.45, 7) is 1.98. The number of rotatable bonds is 3. The zero-order valence-corrected chi connectivity index (χ0v) is 9.59. The van der Waals surface area contributed by atoms with E-state index < -0.39 is 12.1 Å². The van der Waals surface area contributed by atoms with Gasteiger partial charge in [-0.15, -0.1) is 0 Å². The highest BCUT2D eigenvalue weighted by Gasteiger charge is 2.20. The van der Waals surface area contributed by atoms with E-state index >= 15 is 0 Å². The van der Waals surface area contributed by atoms with E-state index in [1.165, 1.54) is 0 Å². The van der Waals surface area contributed by atoms with Crippen LogP contribution in [0, 0.1) is 0 Å². The van der Waals surface area contributed by atoms with Gasteiger partial charge < -0.3 is 9.84 Å². The Morgan fingerprint density at radius 2 is 1.94 bits per heavy atom. The quantitative estimate of drug-likeness (QED) is 0.824. The fraction of sp³-hybridized carbons (Fsp3) is 0.214. The zero-order chi connectivity index (χ0) is 12.3. The van der Waals surface area contributed by atoms with Crippen molar-refractivity contribution in [3.05, 3.63) is 48.0 Å². The standard InChI is InChI=1S/C14H14O3/c1-2-17-14(16)13(15)12-9-5-7-10-6-3-4-8-11(10)12/h3-9,13,15H,2H2,1H3/t13-/m1/s1. The lowest BCUT2D eigenvalue weighted by molar-refractivity contribution is -0.153. The molecule has 0 saturated heterocycles. The Kier molecular flexibility index (Phi) is 3.40. The Hall–Kier alpha value is -1.87. The highest BCUT2D eigenvalue weighted by Crippen LogP contribution is 2.24. The second-order valence-electron chi connectivity index (χ2n) is 3.72. The third-order valence-electron chi connectivity index (χ3n) is 2.63. The first-order valence-electron chi connectivity index (χ1n) is 5.56. The predicted octanol–water partition coefficient (Wildman–Crippen LogP) is 2.44. The molecule has 17 heavy (non-hydrogen) atoms. The van der Waals surface area contributed by atoms with Gasteiger partial charge >= 0.3 is 5.97 Å². The number of aliphatic hydroxyl groups is 1. The van der Waals surface area contributed by atoms with Crippen molar-refractivity contribution < 1.29 is 14.6 Å². The first kappa shape index (κ1) is 11.6. The minimum Gasteiger partial charge on any atom is -0.464 e. The zero-order valence-electron chi connectivity index (χ0n) is 9.59. The van der Waals surface area contributed by atoms with Gasteiger partial charge in [0.05, 0.1) is 6.61 Å². The van der Waals surface area contributed by atoms with E-state index in [-0.39, 0.29) is 6.61 Å². The van der Waals surface area contributed by atoms with Crippen molar-refractivity contribution in [3.63, 3.8) is 0 Å². The normalized spacial score (nSPS) is 12.4. The maximum absolute atomic E-state index is 11.5. The van der Waals surface area contributed by atoms with Crippen LogP contribution in [-0.4, -0.2) is 17.7 Å². The van der Waals surface area contributed by atoms with Crippen molar-refractivity contribution in [1.29, 1.82) is 0 Å². The molecule has 0 aromatic heterocycles. The van der Waals surface area contributed by atoms with Crippen LogP contribution in [0.3, 0.4) is 0 Å². The number of aliphatic hydroxyl groups excluding tert-OH is 1. The van der Waals surface area contributed by atoms with Gasteiger partial charge in [-0.05, 0) is 23.3 Å². The lowest BCUT2D eigenvalue weighted by Gasteiger charge is -2.12. The number of hydrogen-bond donors (Lipinski definition) is 1. The number of esters is 1. The summed E-state index contributed by atoms with van der Waals surface area (Å²) >= 11 is 0. The summed E-state index contributed by atoms with van der Waals surface area (Å²) in [4.78, 5) is 11.5. The van der Waals surface area contributed by atoms with E-state index in [2.05, 4.69) is 0 Å². The molecule has 2 rings (SSSR count). The molecule has 3 nitrogen and oxygen atoms in total. The van der Waals surface area contributed by atoms with Crippen molar-refractivity contribution in [3.8, 4) is 0 Å². The van der Waals surface area contributed by atoms with Gasteiger partial charge in [-0.1, -0.05) is 42.5 Å². The molecule has 3 heteroatoms. The van der Waals surface area contributed by atoms with Gasteiger partial charge in [0, 0.05) is 0 Å².